The van der Waals surface area contributed by atoms with Gasteiger partial charge in [-0.25, -0.2) is 8.42 Å². The first-order chi connectivity index (χ1) is 9.72. The number of phenolic OH excluding ortho intramolecular Hbond substituents is 1. The molecule has 0 unspecified atom stereocenters. The van der Waals surface area contributed by atoms with Gasteiger partial charge >= 0.3 is 0 Å². The van der Waals surface area contributed by atoms with Crippen molar-refractivity contribution in [3.8, 4) is 5.75 Å². The average molecular weight is 369 g/mol. The zero-order chi connectivity index (χ0) is 15.8. The van der Waals surface area contributed by atoms with E-state index in [1.807, 2.05) is 0 Å². The third-order valence-corrected chi connectivity index (χ3v) is 5.82. The van der Waals surface area contributed by atoms with E-state index < -0.39 is 26.4 Å². The summed E-state index contributed by atoms with van der Waals surface area (Å²) in [6, 6.07) is 4.95. The Labute approximate surface area is 132 Å². The summed E-state index contributed by atoms with van der Waals surface area (Å²) in [4.78, 5) is 9.89. The van der Waals surface area contributed by atoms with Gasteiger partial charge in [0.1, 0.15) is 4.21 Å². The summed E-state index contributed by atoms with van der Waals surface area (Å²) in [5, 5.41) is 20.3. The Hall–Kier alpha value is -1.55. The number of nitro groups is 1. The van der Waals surface area contributed by atoms with E-state index in [4.69, 9.17) is 23.2 Å². The minimum absolute atomic E-state index is 0.0367. The van der Waals surface area contributed by atoms with Crippen molar-refractivity contribution in [2.24, 2.45) is 0 Å². The van der Waals surface area contributed by atoms with Gasteiger partial charge in [0.05, 0.1) is 15.6 Å². The summed E-state index contributed by atoms with van der Waals surface area (Å²) < 4.78 is 25.7. The molecular formula is C10H6Cl2N2O5S2. The fourth-order valence-corrected chi connectivity index (χ4v) is 4.29. The summed E-state index contributed by atoms with van der Waals surface area (Å²) >= 11 is 11.8. The number of hydrogen-bond donors (Lipinski definition) is 2. The van der Waals surface area contributed by atoms with E-state index in [-0.39, 0.29) is 19.3 Å². The highest BCUT2D eigenvalue weighted by Gasteiger charge is 2.26. The van der Waals surface area contributed by atoms with Crippen LogP contribution in [0.15, 0.2) is 28.5 Å². The zero-order valence-electron chi connectivity index (χ0n) is 9.91. The van der Waals surface area contributed by atoms with Crippen molar-refractivity contribution in [1.29, 1.82) is 0 Å². The molecule has 112 valence electrons. The molecule has 0 saturated heterocycles. The largest absolute Gasteiger partial charge is 0.504 e. The lowest BCUT2D eigenvalue weighted by Crippen LogP contribution is -2.11. The van der Waals surface area contributed by atoms with E-state index in [2.05, 4.69) is 4.72 Å². The van der Waals surface area contributed by atoms with Gasteiger partial charge in [-0.15, -0.1) is 11.3 Å². The van der Waals surface area contributed by atoms with Crippen LogP contribution in [0.25, 0.3) is 0 Å². The highest BCUT2D eigenvalue weighted by Crippen LogP contribution is 2.38. The number of hydrogen-bond acceptors (Lipinski definition) is 6. The Morgan fingerprint density at radius 2 is 2.00 bits per heavy atom. The first-order valence-corrected chi connectivity index (χ1v) is 8.22. The maximum absolute atomic E-state index is 12.1. The van der Waals surface area contributed by atoms with Gasteiger partial charge in [-0.2, -0.15) is 0 Å². The van der Waals surface area contributed by atoms with Crippen molar-refractivity contribution in [1.82, 2.24) is 0 Å². The molecule has 7 nitrogen and oxygen atoms in total. The molecule has 21 heavy (non-hydrogen) atoms. The van der Waals surface area contributed by atoms with Crippen LogP contribution in [0.3, 0.4) is 0 Å². The van der Waals surface area contributed by atoms with E-state index in [1.165, 1.54) is 18.2 Å². The van der Waals surface area contributed by atoms with E-state index in [0.717, 1.165) is 6.07 Å². The van der Waals surface area contributed by atoms with Crippen molar-refractivity contribution in [3.63, 3.8) is 0 Å². The molecule has 1 aromatic carbocycles. The number of nitrogens with zero attached hydrogens (tertiary/aromatic N) is 1. The van der Waals surface area contributed by atoms with Gasteiger partial charge in [-0.3, -0.25) is 14.8 Å². The molecule has 2 N–H and O–H groups in total. The Bertz CT molecular complexity index is 819. The maximum Gasteiger partial charge on any atom is 0.300 e. The van der Waals surface area contributed by atoms with Gasteiger partial charge in [0.2, 0.25) is 0 Å². The molecule has 1 aromatic heterocycles. The van der Waals surface area contributed by atoms with Crippen LogP contribution in [0.5, 0.6) is 5.75 Å². The molecule has 2 rings (SSSR count). The van der Waals surface area contributed by atoms with Gasteiger partial charge < -0.3 is 5.11 Å². The average Bonchev–Trinajstić information content (AvgIpc) is 2.78. The quantitative estimate of drug-likeness (QED) is 0.487. The molecular weight excluding hydrogens is 363 g/mol. The van der Waals surface area contributed by atoms with Crippen LogP contribution in [-0.2, 0) is 10.0 Å². The van der Waals surface area contributed by atoms with Gasteiger partial charge in [-0.1, -0.05) is 29.3 Å². The first-order valence-electron chi connectivity index (χ1n) is 5.16. The van der Waals surface area contributed by atoms with Crippen LogP contribution in [0.4, 0.5) is 11.4 Å². The predicted molar refractivity (Wildman–Crippen MR) is 79.9 cm³/mol. The smallest absolute Gasteiger partial charge is 0.300 e. The van der Waals surface area contributed by atoms with Crippen molar-refractivity contribution in [2.45, 2.75) is 4.21 Å². The number of sulfonamides is 1. The normalized spacial score (nSPS) is 11.3. The summed E-state index contributed by atoms with van der Waals surface area (Å²) in [5.41, 5.74) is -0.646. The summed E-state index contributed by atoms with van der Waals surface area (Å²) in [6.07, 6.45) is 0. The second kappa shape index (κ2) is 5.68. The third kappa shape index (κ3) is 3.21. The van der Waals surface area contributed by atoms with Crippen LogP contribution in [0.2, 0.25) is 9.36 Å². The van der Waals surface area contributed by atoms with Gasteiger partial charge in [0, 0.05) is 6.07 Å². The summed E-state index contributed by atoms with van der Waals surface area (Å²) in [6.45, 7) is 0. The van der Waals surface area contributed by atoms with Crippen LogP contribution >= 0.6 is 34.5 Å². The minimum Gasteiger partial charge on any atom is -0.504 e. The highest BCUT2D eigenvalue weighted by atomic mass is 35.5. The Morgan fingerprint density at radius 3 is 2.57 bits per heavy atom. The van der Waals surface area contributed by atoms with Crippen LogP contribution in [-0.4, -0.2) is 18.4 Å². The zero-order valence-corrected chi connectivity index (χ0v) is 13.1. The van der Waals surface area contributed by atoms with E-state index in [0.29, 0.717) is 11.3 Å². The molecule has 2 aromatic rings. The van der Waals surface area contributed by atoms with E-state index in [1.54, 1.807) is 0 Å². The molecule has 0 aliphatic carbocycles. The second-order valence-corrected chi connectivity index (χ2v) is 7.69. The molecule has 0 bridgehead atoms. The number of para-hydroxylation sites is 1. The van der Waals surface area contributed by atoms with Gasteiger partial charge in [-0.05, 0) is 12.1 Å². The highest BCUT2D eigenvalue weighted by molar-refractivity contribution is 7.94. The molecule has 0 amide bonds. The number of anilines is 1. The molecule has 1 heterocycles. The molecule has 0 aliphatic heterocycles. The number of aromatic hydroxyl groups is 1. The first kappa shape index (κ1) is 15.8. The maximum atomic E-state index is 12.1. The molecule has 11 heteroatoms. The summed E-state index contributed by atoms with van der Waals surface area (Å²) in [7, 11) is -4.13. The Morgan fingerprint density at radius 1 is 1.33 bits per heavy atom. The number of benzene rings is 1. The lowest BCUT2D eigenvalue weighted by molar-refractivity contribution is -0.384. The second-order valence-electron chi connectivity index (χ2n) is 3.72. The van der Waals surface area contributed by atoms with E-state index in [9.17, 15) is 23.6 Å². The number of nitrogens with one attached hydrogen (secondary N) is 1. The molecule has 0 spiro atoms. The number of thiophene rings is 1. The monoisotopic (exact) mass is 368 g/mol. The molecule has 0 fully saturated rings. The fourth-order valence-electron chi connectivity index (χ4n) is 1.39. The van der Waals surface area contributed by atoms with E-state index >= 15 is 0 Å². The standard InChI is InChI=1S/C10H6Cl2N2O5S2/c11-5-2-1-3-6(9(5)15)13-21(18,19)8-4-7(14(16)17)10(12)20-8/h1-4,13,15H. The lowest BCUT2D eigenvalue weighted by Gasteiger charge is -2.08. The van der Waals surface area contributed by atoms with Crippen molar-refractivity contribution >= 4 is 55.9 Å². The van der Waals surface area contributed by atoms with Gasteiger partial charge in [0.15, 0.2) is 10.1 Å². The Kier molecular flexibility index (Phi) is 4.28. The summed E-state index contributed by atoms with van der Waals surface area (Å²) in [5.74, 6) is -0.445. The van der Waals surface area contributed by atoms with Crippen molar-refractivity contribution in [2.75, 3.05) is 4.72 Å². The fraction of sp³-hybridized carbons (Fsp3) is 0. The van der Waals surface area contributed by atoms with Crippen LogP contribution in [0.1, 0.15) is 0 Å². The predicted octanol–water partition coefficient (Wildman–Crippen LogP) is 3.47. The number of halogens is 2. The molecule has 0 saturated carbocycles. The SMILES string of the molecule is O=[N+]([O-])c1cc(S(=O)(=O)Nc2cccc(Cl)c2O)sc1Cl. The number of rotatable bonds is 4. The topological polar surface area (TPSA) is 110 Å². The van der Waals surface area contributed by atoms with Crippen LogP contribution < -0.4 is 4.72 Å². The molecule has 0 radical (unpaired) electrons. The van der Waals surface area contributed by atoms with Crippen molar-refractivity contribution in [3.05, 3.63) is 43.7 Å². The molecule has 0 atom stereocenters. The van der Waals surface area contributed by atoms with Gasteiger partial charge in [0.25, 0.3) is 15.7 Å². The van der Waals surface area contributed by atoms with Crippen LogP contribution in [0, 0.1) is 10.1 Å². The number of phenols is 1. The van der Waals surface area contributed by atoms with Crippen molar-refractivity contribution < 1.29 is 18.4 Å². The minimum atomic E-state index is -4.13. The lowest BCUT2D eigenvalue weighted by atomic mass is 10.3. The molecule has 0 aliphatic rings. The third-order valence-electron chi connectivity index (χ3n) is 2.34. The Balaban J connectivity index is 2.41.